The normalized spacial score (nSPS) is 17.9. The maximum atomic E-state index is 12.3. The first-order valence-electron chi connectivity index (χ1n) is 6.38. The highest BCUT2D eigenvalue weighted by molar-refractivity contribution is 5.89. The van der Waals surface area contributed by atoms with Crippen LogP contribution >= 0.6 is 0 Å². The number of nitrogens with zero attached hydrogens (tertiary/aromatic N) is 3. The Balaban J connectivity index is 1.75. The Hall–Kier alpha value is -2.30. The molecule has 3 heterocycles. The van der Waals surface area contributed by atoms with Crippen molar-refractivity contribution in [3.63, 3.8) is 0 Å². The molecule has 0 saturated carbocycles. The number of carbonyl (C=O) groups excluding carboxylic acids is 1. The minimum absolute atomic E-state index is 0.0760. The molecule has 2 aromatic rings. The Kier molecular flexibility index (Phi) is 2.95. The molecule has 19 heavy (non-hydrogen) atoms. The number of hydrogen-bond donors (Lipinski definition) is 1. The summed E-state index contributed by atoms with van der Waals surface area (Å²) in [6.07, 6.45) is 5.39. The summed E-state index contributed by atoms with van der Waals surface area (Å²) >= 11 is 0. The van der Waals surface area contributed by atoms with Gasteiger partial charge in [-0.25, -0.2) is 4.79 Å². The third-order valence-electron chi connectivity index (χ3n) is 3.52. The first-order valence-corrected chi connectivity index (χ1v) is 6.38. The molecular weight excluding hydrogens is 240 g/mol. The molecule has 2 aromatic heterocycles. The lowest BCUT2D eigenvalue weighted by Gasteiger charge is -2.34. The highest BCUT2D eigenvalue weighted by atomic mass is 16.2. The van der Waals surface area contributed by atoms with E-state index in [0.717, 1.165) is 18.8 Å². The molecule has 1 atom stereocenters. The van der Waals surface area contributed by atoms with Gasteiger partial charge in [0.2, 0.25) is 0 Å². The first kappa shape index (κ1) is 11.8. The van der Waals surface area contributed by atoms with Crippen molar-refractivity contribution < 1.29 is 4.79 Å². The van der Waals surface area contributed by atoms with Gasteiger partial charge in [-0.1, -0.05) is 0 Å². The van der Waals surface area contributed by atoms with E-state index in [-0.39, 0.29) is 12.1 Å². The Morgan fingerprint density at radius 3 is 3.05 bits per heavy atom. The number of aromatic nitrogens is 2. The van der Waals surface area contributed by atoms with Crippen LogP contribution in [0.15, 0.2) is 42.9 Å². The van der Waals surface area contributed by atoms with Crippen LogP contribution in [0, 0.1) is 0 Å². The van der Waals surface area contributed by atoms with Crippen LogP contribution in [0.5, 0.6) is 0 Å². The quantitative estimate of drug-likeness (QED) is 0.852. The predicted octanol–water partition coefficient (Wildman–Crippen LogP) is 2.49. The maximum absolute atomic E-state index is 12.3. The number of fused-ring (bicyclic) bond motifs is 1. The molecule has 5 nitrogen and oxygen atoms in total. The zero-order valence-electron chi connectivity index (χ0n) is 10.8. The third-order valence-corrected chi connectivity index (χ3v) is 3.52. The monoisotopic (exact) mass is 256 g/mol. The van der Waals surface area contributed by atoms with Gasteiger partial charge in [0, 0.05) is 31.2 Å². The predicted molar refractivity (Wildman–Crippen MR) is 72.8 cm³/mol. The van der Waals surface area contributed by atoms with Crippen LogP contribution < -0.4 is 5.32 Å². The molecule has 1 N–H and O–H groups in total. The van der Waals surface area contributed by atoms with E-state index in [0.29, 0.717) is 0 Å². The van der Waals surface area contributed by atoms with E-state index in [2.05, 4.69) is 27.1 Å². The molecule has 0 bridgehead atoms. The Morgan fingerprint density at radius 1 is 1.37 bits per heavy atom. The van der Waals surface area contributed by atoms with Crippen LogP contribution in [0.25, 0.3) is 0 Å². The summed E-state index contributed by atoms with van der Waals surface area (Å²) in [5.74, 6) is 0. The molecule has 0 saturated heterocycles. The van der Waals surface area contributed by atoms with Crippen molar-refractivity contribution >= 4 is 11.7 Å². The second-order valence-corrected chi connectivity index (χ2v) is 4.67. The molecular formula is C14H16N4O. The number of hydrogen-bond acceptors (Lipinski definition) is 2. The Bertz CT molecular complexity index is 578. The topological polar surface area (TPSA) is 50.2 Å². The second-order valence-electron chi connectivity index (χ2n) is 4.67. The van der Waals surface area contributed by atoms with Gasteiger partial charge in [-0.05, 0) is 31.2 Å². The molecule has 0 spiro atoms. The van der Waals surface area contributed by atoms with E-state index >= 15 is 0 Å². The second kappa shape index (κ2) is 4.76. The largest absolute Gasteiger partial charge is 0.348 e. The smallest absolute Gasteiger partial charge is 0.322 e. The van der Waals surface area contributed by atoms with Gasteiger partial charge in [0.05, 0.1) is 17.9 Å². The Labute approximate surface area is 111 Å². The zero-order valence-corrected chi connectivity index (χ0v) is 10.8. The maximum Gasteiger partial charge on any atom is 0.322 e. The molecule has 1 aliphatic rings. The number of anilines is 1. The number of rotatable bonds is 1. The van der Waals surface area contributed by atoms with Gasteiger partial charge in [0.1, 0.15) is 0 Å². The van der Waals surface area contributed by atoms with Crippen molar-refractivity contribution in [1.29, 1.82) is 0 Å². The summed E-state index contributed by atoms with van der Waals surface area (Å²) in [7, 11) is 0. The summed E-state index contributed by atoms with van der Waals surface area (Å²) in [6.45, 7) is 3.61. The molecule has 1 aliphatic heterocycles. The zero-order chi connectivity index (χ0) is 13.2. The van der Waals surface area contributed by atoms with Gasteiger partial charge < -0.3 is 14.8 Å². The van der Waals surface area contributed by atoms with Crippen molar-refractivity contribution in [3.8, 4) is 0 Å². The summed E-state index contributed by atoms with van der Waals surface area (Å²) in [6, 6.07) is 7.74. The van der Waals surface area contributed by atoms with E-state index in [1.165, 1.54) is 5.69 Å². The van der Waals surface area contributed by atoms with Gasteiger partial charge >= 0.3 is 6.03 Å². The molecule has 98 valence electrons. The summed E-state index contributed by atoms with van der Waals surface area (Å²) in [5.41, 5.74) is 1.90. The Morgan fingerprint density at radius 2 is 2.26 bits per heavy atom. The minimum atomic E-state index is -0.0760. The summed E-state index contributed by atoms with van der Waals surface area (Å²) in [4.78, 5) is 18.1. The lowest BCUT2D eigenvalue weighted by Crippen LogP contribution is -2.43. The van der Waals surface area contributed by atoms with Crippen LogP contribution in [0.1, 0.15) is 18.7 Å². The molecule has 0 radical (unpaired) electrons. The van der Waals surface area contributed by atoms with E-state index in [9.17, 15) is 4.79 Å². The fourth-order valence-electron chi connectivity index (χ4n) is 2.49. The number of pyridine rings is 1. The van der Waals surface area contributed by atoms with E-state index in [1.54, 1.807) is 18.5 Å². The van der Waals surface area contributed by atoms with Crippen LogP contribution in [0.2, 0.25) is 0 Å². The SMILES string of the molecule is CC1c2cccn2CCN1C(=O)Nc1cccnc1. The third kappa shape index (κ3) is 2.19. The number of nitrogens with one attached hydrogen (secondary N) is 1. The van der Waals surface area contributed by atoms with Gasteiger partial charge in [-0.2, -0.15) is 0 Å². The molecule has 0 fully saturated rings. The van der Waals surface area contributed by atoms with Crippen LogP contribution in [0.4, 0.5) is 10.5 Å². The summed E-state index contributed by atoms with van der Waals surface area (Å²) in [5, 5.41) is 2.88. The van der Waals surface area contributed by atoms with Crippen LogP contribution in [-0.4, -0.2) is 27.0 Å². The highest BCUT2D eigenvalue weighted by Crippen LogP contribution is 2.25. The number of urea groups is 1. The van der Waals surface area contributed by atoms with Gasteiger partial charge in [-0.3, -0.25) is 4.98 Å². The van der Waals surface area contributed by atoms with Crippen molar-refractivity contribution in [2.75, 3.05) is 11.9 Å². The van der Waals surface area contributed by atoms with Crippen molar-refractivity contribution in [1.82, 2.24) is 14.5 Å². The number of carbonyl (C=O) groups is 1. The highest BCUT2D eigenvalue weighted by Gasteiger charge is 2.27. The van der Waals surface area contributed by atoms with Crippen molar-refractivity contribution in [3.05, 3.63) is 48.5 Å². The van der Waals surface area contributed by atoms with E-state index in [4.69, 9.17) is 0 Å². The minimum Gasteiger partial charge on any atom is -0.348 e. The average Bonchev–Trinajstić information content (AvgIpc) is 2.89. The molecule has 1 unspecified atom stereocenters. The van der Waals surface area contributed by atoms with Gasteiger partial charge in [-0.15, -0.1) is 0 Å². The summed E-state index contributed by atoms with van der Waals surface area (Å²) < 4.78 is 2.19. The number of amides is 2. The molecule has 5 heteroatoms. The van der Waals surface area contributed by atoms with Gasteiger partial charge in [0.25, 0.3) is 0 Å². The molecule has 3 rings (SSSR count). The molecule has 2 amide bonds. The van der Waals surface area contributed by atoms with Crippen molar-refractivity contribution in [2.24, 2.45) is 0 Å². The molecule has 0 aromatic carbocycles. The lowest BCUT2D eigenvalue weighted by atomic mass is 10.1. The first-order chi connectivity index (χ1) is 9.25. The fourth-order valence-corrected chi connectivity index (χ4v) is 2.49. The van der Waals surface area contributed by atoms with E-state index < -0.39 is 0 Å². The van der Waals surface area contributed by atoms with E-state index in [1.807, 2.05) is 24.0 Å². The fraction of sp³-hybridized carbons (Fsp3) is 0.286. The molecule has 0 aliphatic carbocycles. The van der Waals surface area contributed by atoms with Crippen LogP contribution in [0.3, 0.4) is 0 Å². The van der Waals surface area contributed by atoms with Gasteiger partial charge in [0.15, 0.2) is 0 Å². The standard InChI is InChI=1S/C14H16N4O/c1-11-13-5-3-7-17(13)8-9-18(11)14(19)16-12-4-2-6-15-10-12/h2-7,10-11H,8-9H2,1H3,(H,16,19). The lowest BCUT2D eigenvalue weighted by molar-refractivity contribution is 0.175. The average molecular weight is 256 g/mol. The van der Waals surface area contributed by atoms with Crippen LogP contribution in [-0.2, 0) is 6.54 Å². The van der Waals surface area contributed by atoms with Crippen molar-refractivity contribution in [2.45, 2.75) is 19.5 Å².